The highest BCUT2D eigenvalue weighted by Gasteiger charge is 2.21. The fourth-order valence-corrected chi connectivity index (χ4v) is 2.62. The molecule has 0 radical (unpaired) electrons. The highest BCUT2D eigenvalue weighted by Crippen LogP contribution is 2.23. The molecule has 0 aliphatic rings. The monoisotopic (exact) mass is 402 g/mol. The Morgan fingerprint density at radius 2 is 1.67 bits per heavy atom. The van der Waals surface area contributed by atoms with Gasteiger partial charge in [0.1, 0.15) is 5.76 Å². The highest BCUT2D eigenvalue weighted by molar-refractivity contribution is 5.97. The SMILES string of the molecule is CC(=O)c1ccc(-c2ccc(C(=O)O[C@H](C)C(=O)Nc3ccc(C#N)cc3)o2)cc1. The third-order valence-corrected chi connectivity index (χ3v) is 4.32. The van der Waals surface area contributed by atoms with Crippen LogP contribution in [0.2, 0.25) is 0 Å². The van der Waals surface area contributed by atoms with Gasteiger partial charge >= 0.3 is 5.97 Å². The summed E-state index contributed by atoms with van der Waals surface area (Å²) < 4.78 is 10.7. The van der Waals surface area contributed by atoms with Crippen molar-refractivity contribution in [3.05, 3.63) is 77.6 Å². The molecule has 150 valence electrons. The number of anilines is 1. The molecule has 2 aromatic carbocycles. The average Bonchev–Trinajstić information content (AvgIpc) is 3.24. The topological polar surface area (TPSA) is 109 Å². The van der Waals surface area contributed by atoms with Crippen molar-refractivity contribution in [2.75, 3.05) is 5.32 Å². The molecule has 1 heterocycles. The van der Waals surface area contributed by atoms with Crippen molar-refractivity contribution in [1.82, 2.24) is 0 Å². The number of nitrogens with zero attached hydrogens (tertiary/aromatic N) is 1. The molecule has 30 heavy (non-hydrogen) atoms. The lowest BCUT2D eigenvalue weighted by Crippen LogP contribution is -2.29. The molecule has 0 unspecified atom stereocenters. The number of nitriles is 1. The summed E-state index contributed by atoms with van der Waals surface area (Å²) in [5.41, 5.74) is 2.23. The summed E-state index contributed by atoms with van der Waals surface area (Å²) >= 11 is 0. The molecule has 1 aromatic heterocycles. The molecule has 7 nitrogen and oxygen atoms in total. The summed E-state index contributed by atoms with van der Waals surface area (Å²) in [7, 11) is 0. The fourth-order valence-electron chi connectivity index (χ4n) is 2.62. The number of nitrogens with one attached hydrogen (secondary N) is 1. The first-order valence-corrected chi connectivity index (χ1v) is 9.10. The third-order valence-electron chi connectivity index (χ3n) is 4.32. The molecule has 7 heteroatoms. The lowest BCUT2D eigenvalue weighted by atomic mass is 10.1. The lowest BCUT2D eigenvalue weighted by molar-refractivity contribution is -0.123. The van der Waals surface area contributed by atoms with Crippen LogP contribution in [0.3, 0.4) is 0 Å². The normalized spacial score (nSPS) is 11.2. The van der Waals surface area contributed by atoms with Crippen LogP contribution >= 0.6 is 0 Å². The van der Waals surface area contributed by atoms with E-state index >= 15 is 0 Å². The van der Waals surface area contributed by atoms with E-state index in [0.29, 0.717) is 28.1 Å². The van der Waals surface area contributed by atoms with Crippen LogP contribution in [0.5, 0.6) is 0 Å². The molecule has 3 aromatic rings. The van der Waals surface area contributed by atoms with Crippen molar-refractivity contribution < 1.29 is 23.5 Å². The number of carbonyl (C=O) groups excluding carboxylic acids is 3. The maximum atomic E-state index is 12.3. The Kier molecular flexibility index (Phi) is 6.08. The summed E-state index contributed by atoms with van der Waals surface area (Å²) in [6.45, 7) is 2.93. The smallest absolute Gasteiger partial charge is 0.375 e. The number of ether oxygens (including phenoxy) is 1. The Bertz CT molecular complexity index is 1120. The van der Waals surface area contributed by atoms with Gasteiger partial charge in [-0.1, -0.05) is 24.3 Å². The van der Waals surface area contributed by atoms with Gasteiger partial charge in [-0.25, -0.2) is 4.79 Å². The Balaban J connectivity index is 1.61. The Morgan fingerprint density at radius 3 is 2.27 bits per heavy atom. The van der Waals surface area contributed by atoms with Crippen LogP contribution in [0.4, 0.5) is 5.69 Å². The average molecular weight is 402 g/mol. The molecule has 3 rings (SSSR count). The molecule has 0 aliphatic heterocycles. The van der Waals surface area contributed by atoms with Crippen molar-refractivity contribution in [1.29, 1.82) is 5.26 Å². The van der Waals surface area contributed by atoms with Crippen molar-refractivity contribution in [3.8, 4) is 17.4 Å². The summed E-state index contributed by atoms with van der Waals surface area (Å²) in [6.07, 6.45) is -1.06. The molecule has 1 N–H and O–H groups in total. The molecule has 0 saturated carbocycles. The van der Waals surface area contributed by atoms with E-state index in [1.807, 2.05) is 6.07 Å². The molecular weight excluding hydrogens is 384 g/mol. The predicted octanol–water partition coefficient (Wildman–Crippen LogP) is 4.20. The van der Waals surface area contributed by atoms with Gasteiger partial charge in [0.05, 0.1) is 11.6 Å². The maximum Gasteiger partial charge on any atom is 0.375 e. The van der Waals surface area contributed by atoms with Gasteiger partial charge in [-0.15, -0.1) is 0 Å². The molecule has 0 fully saturated rings. The Labute approximate surface area is 172 Å². The van der Waals surface area contributed by atoms with Crippen molar-refractivity contribution in [2.24, 2.45) is 0 Å². The minimum atomic E-state index is -1.06. The van der Waals surface area contributed by atoms with Gasteiger partial charge in [-0.05, 0) is 50.2 Å². The van der Waals surface area contributed by atoms with Crippen LogP contribution in [0.1, 0.15) is 40.3 Å². The second-order valence-corrected chi connectivity index (χ2v) is 6.52. The van der Waals surface area contributed by atoms with E-state index in [1.54, 1.807) is 54.6 Å². The zero-order valence-corrected chi connectivity index (χ0v) is 16.3. The standard InChI is InChI=1S/C23H18N2O5/c1-14(26)17-5-7-18(8-6-17)20-11-12-21(30-20)23(28)29-15(2)22(27)25-19-9-3-16(13-24)4-10-19/h3-12,15H,1-2H3,(H,25,27)/t15-/m1/s1. The van der Waals surface area contributed by atoms with Crippen LogP contribution in [-0.2, 0) is 9.53 Å². The first-order chi connectivity index (χ1) is 14.4. The van der Waals surface area contributed by atoms with E-state index in [9.17, 15) is 14.4 Å². The zero-order valence-electron chi connectivity index (χ0n) is 16.3. The molecule has 0 aliphatic carbocycles. The number of carbonyl (C=O) groups is 3. The van der Waals surface area contributed by atoms with Gasteiger partial charge in [0, 0.05) is 16.8 Å². The van der Waals surface area contributed by atoms with Gasteiger partial charge in [0.2, 0.25) is 5.76 Å². The quantitative estimate of drug-likeness (QED) is 0.489. The van der Waals surface area contributed by atoms with Gasteiger partial charge in [-0.2, -0.15) is 5.26 Å². The number of Topliss-reactive ketones (excluding diaryl/α,β-unsaturated/α-hetero) is 1. The fraction of sp³-hybridized carbons (Fsp3) is 0.130. The Morgan fingerprint density at radius 1 is 1.00 bits per heavy atom. The van der Waals surface area contributed by atoms with Gasteiger partial charge in [0.15, 0.2) is 11.9 Å². The third kappa shape index (κ3) is 4.80. The highest BCUT2D eigenvalue weighted by atomic mass is 16.6. The number of furan rings is 1. The summed E-state index contributed by atoms with van der Waals surface area (Å²) in [5.74, 6) is -0.937. The van der Waals surface area contributed by atoms with Gasteiger partial charge in [0.25, 0.3) is 5.91 Å². The molecule has 1 amide bonds. The number of rotatable bonds is 6. The number of hydrogen-bond donors (Lipinski definition) is 1. The van der Waals surface area contributed by atoms with E-state index in [0.717, 1.165) is 0 Å². The van der Waals surface area contributed by atoms with E-state index in [4.69, 9.17) is 14.4 Å². The molecule has 0 bridgehead atoms. The van der Waals surface area contributed by atoms with E-state index in [2.05, 4.69) is 5.32 Å². The van der Waals surface area contributed by atoms with Crippen LogP contribution in [0, 0.1) is 11.3 Å². The number of amides is 1. The molecule has 0 spiro atoms. The second-order valence-electron chi connectivity index (χ2n) is 6.52. The van der Waals surface area contributed by atoms with Crippen LogP contribution in [0.25, 0.3) is 11.3 Å². The van der Waals surface area contributed by atoms with Crippen LogP contribution in [-0.4, -0.2) is 23.8 Å². The summed E-state index contributed by atoms with van der Waals surface area (Å²) in [5, 5.41) is 11.4. The van der Waals surface area contributed by atoms with E-state index < -0.39 is 18.0 Å². The van der Waals surface area contributed by atoms with Crippen LogP contribution < -0.4 is 5.32 Å². The minimum Gasteiger partial charge on any atom is -0.449 e. The maximum absolute atomic E-state index is 12.3. The largest absolute Gasteiger partial charge is 0.449 e. The van der Waals surface area contributed by atoms with Crippen molar-refractivity contribution in [3.63, 3.8) is 0 Å². The minimum absolute atomic E-state index is 0.0429. The van der Waals surface area contributed by atoms with Crippen LogP contribution in [0.15, 0.2) is 65.1 Å². The van der Waals surface area contributed by atoms with Gasteiger partial charge in [-0.3, -0.25) is 9.59 Å². The summed E-state index contributed by atoms with van der Waals surface area (Å²) in [4.78, 5) is 35.9. The number of hydrogen-bond acceptors (Lipinski definition) is 6. The first kappa shape index (κ1) is 20.6. The lowest BCUT2D eigenvalue weighted by Gasteiger charge is -2.12. The number of benzene rings is 2. The van der Waals surface area contributed by atoms with E-state index in [-0.39, 0.29) is 11.5 Å². The second kappa shape index (κ2) is 8.88. The van der Waals surface area contributed by atoms with E-state index in [1.165, 1.54) is 19.9 Å². The Hall–Kier alpha value is -4.18. The van der Waals surface area contributed by atoms with Gasteiger partial charge < -0.3 is 14.5 Å². The first-order valence-electron chi connectivity index (χ1n) is 9.10. The summed E-state index contributed by atoms with van der Waals surface area (Å²) in [6, 6.07) is 18.2. The number of esters is 1. The predicted molar refractivity (Wildman–Crippen MR) is 109 cm³/mol. The number of ketones is 1. The van der Waals surface area contributed by atoms with Crippen molar-refractivity contribution in [2.45, 2.75) is 20.0 Å². The van der Waals surface area contributed by atoms with Crippen molar-refractivity contribution >= 4 is 23.3 Å². The molecular formula is C23H18N2O5. The molecule has 0 saturated heterocycles. The zero-order chi connectivity index (χ0) is 21.7. The molecule has 1 atom stereocenters.